The van der Waals surface area contributed by atoms with E-state index in [2.05, 4.69) is 9.47 Å². The Balaban J connectivity index is -0.00000112. The Morgan fingerprint density at radius 2 is 1.44 bits per heavy atom. The zero-order chi connectivity index (χ0) is 12.6. The largest absolute Gasteiger partial charge is 0.466 e. The van der Waals surface area contributed by atoms with Gasteiger partial charge >= 0.3 is 11.9 Å². The average Bonchev–Trinajstić information content (AvgIpc) is 2.25. The molecule has 0 atom stereocenters. The highest BCUT2D eigenvalue weighted by Gasteiger charge is 2.16. The summed E-state index contributed by atoms with van der Waals surface area (Å²) < 4.78 is 9.22. The van der Waals surface area contributed by atoms with Crippen LogP contribution in [0.5, 0.6) is 0 Å². The molecule has 6 nitrogen and oxygen atoms in total. The summed E-state index contributed by atoms with van der Waals surface area (Å²) in [6.45, 7) is 3.74. The second-order valence-electron chi connectivity index (χ2n) is 2.88. The van der Waals surface area contributed by atoms with Crippen molar-refractivity contribution in [1.29, 1.82) is 10.8 Å². The maximum atomic E-state index is 11.1. The van der Waals surface area contributed by atoms with Gasteiger partial charge in [0.25, 0.3) is 0 Å². The van der Waals surface area contributed by atoms with Gasteiger partial charge in [0.15, 0.2) is 5.71 Å². The molecule has 0 heterocycles. The number of halogens is 2. The fourth-order valence-corrected chi connectivity index (χ4v) is 0.912. The molecule has 0 spiro atoms. The van der Waals surface area contributed by atoms with Crippen LogP contribution < -0.4 is 0 Å². The van der Waals surface area contributed by atoms with Gasteiger partial charge in [-0.25, -0.2) is 4.79 Å². The molecule has 0 saturated carbocycles. The Morgan fingerprint density at radius 1 is 0.944 bits per heavy atom. The molecule has 0 saturated heterocycles. The number of carbonyl (C=O) groups is 2. The van der Waals surface area contributed by atoms with Gasteiger partial charge in [0.1, 0.15) is 0 Å². The maximum Gasteiger partial charge on any atom is 0.358 e. The van der Waals surface area contributed by atoms with Gasteiger partial charge in [-0.15, -0.1) is 24.8 Å². The molecular weight excluding hydrogens is 283 g/mol. The van der Waals surface area contributed by atoms with Gasteiger partial charge in [-0.1, -0.05) is 0 Å². The van der Waals surface area contributed by atoms with E-state index < -0.39 is 17.7 Å². The van der Waals surface area contributed by atoms with Gasteiger partial charge in [0.2, 0.25) is 0 Å². The third-order valence-corrected chi connectivity index (χ3v) is 1.67. The van der Waals surface area contributed by atoms with Crippen molar-refractivity contribution in [2.75, 3.05) is 13.2 Å². The van der Waals surface area contributed by atoms with Crippen molar-refractivity contribution in [2.45, 2.75) is 26.7 Å². The smallest absolute Gasteiger partial charge is 0.358 e. The highest BCUT2D eigenvalue weighted by atomic mass is 35.5. The molecule has 0 aromatic carbocycles. The Hall–Kier alpha value is -1.14. The predicted molar refractivity (Wildman–Crippen MR) is 72.4 cm³/mol. The van der Waals surface area contributed by atoms with E-state index in [1.54, 1.807) is 13.8 Å². The van der Waals surface area contributed by atoms with E-state index in [-0.39, 0.29) is 56.6 Å². The van der Waals surface area contributed by atoms with Crippen molar-refractivity contribution < 1.29 is 19.1 Å². The average molecular weight is 301 g/mol. The summed E-state index contributed by atoms with van der Waals surface area (Å²) in [5.74, 6) is -1.28. The summed E-state index contributed by atoms with van der Waals surface area (Å²) in [6.07, 6.45) is 0.00490. The number of carbonyl (C=O) groups excluding carboxylic acids is 2. The minimum absolute atomic E-state index is 0. The van der Waals surface area contributed by atoms with Crippen LogP contribution >= 0.6 is 24.8 Å². The van der Waals surface area contributed by atoms with Crippen molar-refractivity contribution in [3.63, 3.8) is 0 Å². The Kier molecular flexibility index (Phi) is 15.1. The summed E-state index contributed by atoms with van der Waals surface area (Å²) in [5.41, 5.74) is -0.724. The first-order valence-corrected chi connectivity index (χ1v) is 5.02. The normalized spacial score (nSPS) is 8.33. The molecule has 0 unspecified atom stereocenters. The van der Waals surface area contributed by atoms with Crippen LogP contribution in [0.1, 0.15) is 26.7 Å². The van der Waals surface area contributed by atoms with E-state index in [1.807, 2.05) is 0 Å². The van der Waals surface area contributed by atoms with E-state index in [0.29, 0.717) is 0 Å². The molecule has 0 aliphatic rings. The van der Waals surface area contributed by atoms with Crippen molar-refractivity contribution >= 4 is 48.2 Å². The monoisotopic (exact) mass is 300 g/mol. The molecule has 106 valence electrons. The third kappa shape index (κ3) is 8.95. The number of ether oxygens (including phenoxy) is 2. The van der Waals surface area contributed by atoms with E-state index in [4.69, 9.17) is 10.8 Å². The second kappa shape index (κ2) is 12.3. The lowest BCUT2D eigenvalue weighted by atomic mass is 10.1. The SMILES string of the molecule is CCOC(=O)CCC(=N)C(=N)C(=O)OCC.Cl.Cl. The van der Waals surface area contributed by atoms with Crippen LogP contribution in [0.3, 0.4) is 0 Å². The lowest BCUT2D eigenvalue weighted by Gasteiger charge is -2.05. The van der Waals surface area contributed by atoms with Gasteiger partial charge in [-0.05, 0) is 13.8 Å². The van der Waals surface area contributed by atoms with Crippen LogP contribution in [0.25, 0.3) is 0 Å². The quantitative estimate of drug-likeness (QED) is 0.553. The van der Waals surface area contributed by atoms with Crippen LogP contribution in [0, 0.1) is 10.8 Å². The maximum absolute atomic E-state index is 11.1. The zero-order valence-electron chi connectivity index (χ0n) is 10.3. The van der Waals surface area contributed by atoms with Crippen LogP contribution in [-0.4, -0.2) is 36.6 Å². The topological polar surface area (TPSA) is 100 Å². The number of hydrogen-bond donors (Lipinski definition) is 2. The van der Waals surface area contributed by atoms with Crippen LogP contribution in [-0.2, 0) is 19.1 Å². The minimum atomic E-state index is -0.837. The Bertz CT molecular complexity index is 308. The molecular formula is C10H18Cl2N2O4. The number of hydrogen-bond acceptors (Lipinski definition) is 6. The molecule has 8 heteroatoms. The molecule has 0 aromatic heterocycles. The van der Waals surface area contributed by atoms with E-state index >= 15 is 0 Å². The predicted octanol–water partition coefficient (Wildman–Crippen LogP) is 1.78. The molecule has 2 N–H and O–H groups in total. The first kappa shape index (κ1) is 22.1. The van der Waals surface area contributed by atoms with E-state index in [1.165, 1.54) is 0 Å². The standard InChI is InChI=1S/C10H16N2O4.2ClH/c1-3-15-8(13)6-5-7(11)9(12)10(14)16-4-2;;/h11-12H,3-6H2,1-2H3;2*1H. The van der Waals surface area contributed by atoms with Crippen LogP contribution in [0.4, 0.5) is 0 Å². The van der Waals surface area contributed by atoms with E-state index in [9.17, 15) is 9.59 Å². The minimum Gasteiger partial charge on any atom is -0.466 e. The van der Waals surface area contributed by atoms with E-state index in [0.717, 1.165) is 0 Å². The molecule has 0 radical (unpaired) electrons. The summed E-state index contributed by atoms with van der Waals surface area (Å²) >= 11 is 0. The molecule has 0 rings (SSSR count). The Morgan fingerprint density at radius 3 is 1.89 bits per heavy atom. The van der Waals surface area contributed by atoms with Crippen LogP contribution in [0.2, 0.25) is 0 Å². The molecule has 0 aromatic rings. The van der Waals surface area contributed by atoms with Crippen molar-refractivity contribution in [2.24, 2.45) is 0 Å². The van der Waals surface area contributed by atoms with Gasteiger partial charge < -0.3 is 14.9 Å². The second-order valence-corrected chi connectivity index (χ2v) is 2.88. The summed E-state index contributed by atoms with van der Waals surface area (Å²) in [4.78, 5) is 22.0. The molecule has 0 bridgehead atoms. The first-order chi connectivity index (χ1) is 7.52. The summed E-state index contributed by atoms with van der Waals surface area (Å²) in [5, 5.41) is 14.7. The molecule has 0 aliphatic heterocycles. The van der Waals surface area contributed by atoms with Crippen molar-refractivity contribution in [1.82, 2.24) is 0 Å². The van der Waals surface area contributed by atoms with Gasteiger partial charge in [0.05, 0.1) is 25.3 Å². The fraction of sp³-hybridized carbons (Fsp3) is 0.600. The molecule has 0 fully saturated rings. The lowest BCUT2D eigenvalue weighted by molar-refractivity contribution is -0.143. The molecule has 0 aliphatic carbocycles. The molecule has 18 heavy (non-hydrogen) atoms. The van der Waals surface area contributed by atoms with Crippen LogP contribution in [0.15, 0.2) is 0 Å². The Labute approximate surface area is 118 Å². The van der Waals surface area contributed by atoms with Crippen molar-refractivity contribution in [3.05, 3.63) is 0 Å². The third-order valence-electron chi connectivity index (χ3n) is 1.67. The number of nitrogens with one attached hydrogen (secondary N) is 2. The number of esters is 2. The summed E-state index contributed by atoms with van der Waals surface area (Å²) in [6, 6.07) is 0. The zero-order valence-corrected chi connectivity index (χ0v) is 11.9. The highest BCUT2D eigenvalue weighted by molar-refractivity contribution is 6.64. The van der Waals surface area contributed by atoms with Crippen molar-refractivity contribution in [3.8, 4) is 0 Å². The van der Waals surface area contributed by atoms with Gasteiger partial charge in [-0.3, -0.25) is 10.2 Å². The summed E-state index contributed by atoms with van der Waals surface area (Å²) in [7, 11) is 0. The van der Waals surface area contributed by atoms with Gasteiger partial charge in [-0.2, -0.15) is 0 Å². The number of rotatable bonds is 7. The molecule has 0 amide bonds. The lowest BCUT2D eigenvalue weighted by Crippen LogP contribution is -2.25. The highest BCUT2D eigenvalue weighted by Crippen LogP contribution is 1.97. The van der Waals surface area contributed by atoms with Gasteiger partial charge in [0, 0.05) is 6.42 Å². The first-order valence-electron chi connectivity index (χ1n) is 5.02. The fourth-order valence-electron chi connectivity index (χ4n) is 0.912.